The first kappa shape index (κ1) is 33.6. The molecule has 0 radical (unpaired) electrons. The fraction of sp³-hybridized carbons (Fsp3) is 0.132. The molecule has 55 heavy (non-hydrogen) atoms. The molecular formula is C53H43NS. The first-order valence-corrected chi connectivity index (χ1v) is 20.2. The van der Waals surface area contributed by atoms with Gasteiger partial charge in [0.05, 0.1) is 5.69 Å². The van der Waals surface area contributed by atoms with Gasteiger partial charge in [0.1, 0.15) is 0 Å². The third-order valence-corrected chi connectivity index (χ3v) is 13.0. The van der Waals surface area contributed by atoms with Crippen LogP contribution in [0.1, 0.15) is 51.3 Å². The van der Waals surface area contributed by atoms with Crippen molar-refractivity contribution in [2.45, 2.75) is 45.4 Å². The highest BCUT2D eigenvalue weighted by molar-refractivity contribution is 7.25. The molecule has 1 aliphatic rings. The molecule has 0 amide bonds. The molecule has 0 fully saturated rings. The summed E-state index contributed by atoms with van der Waals surface area (Å²) in [5.41, 5.74) is 15.1. The van der Waals surface area contributed by atoms with E-state index in [9.17, 15) is 0 Å². The van der Waals surface area contributed by atoms with Gasteiger partial charge in [0.15, 0.2) is 0 Å². The molecule has 1 aromatic heterocycles. The van der Waals surface area contributed by atoms with Crippen LogP contribution in [0.5, 0.6) is 0 Å². The Kier molecular flexibility index (Phi) is 7.67. The number of rotatable bonds is 5. The van der Waals surface area contributed by atoms with Gasteiger partial charge in [-0.05, 0) is 109 Å². The third-order valence-electron chi connectivity index (χ3n) is 11.8. The molecule has 0 bridgehead atoms. The quantitative estimate of drug-likeness (QED) is 0.171. The number of thiophene rings is 1. The standard InChI is InChI=1S/C53H43NS/c1-52(2,3)38-26-28-44-47(32-38)53(4,5)46-21-13-20-43(51(44)46)41-18-8-10-22-48(41)54(40-27-29-50-45(33-40)42-19-9-11-23-49(42)55-50)39-17-12-16-36(31-39)37-25-24-34-14-6-7-15-35(34)30-37/h6-33H,1-5H3. The molecule has 266 valence electrons. The smallest absolute Gasteiger partial charge is 0.0540 e. The van der Waals surface area contributed by atoms with Gasteiger partial charge in [0.25, 0.3) is 0 Å². The first-order valence-electron chi connectivity index (χ1n) is 19.3. The van der Waals surface area contributed by atoms with Gasteiger partial charge in [-0.3, -0.25) is 0 Å². The first-order chi connectivity index (χ1) is 26.6. The van der Waals surface area contributed by atoms with E-state index in [2.05, 4.69) is 209 Å². The molecule has 0 saturated heterocycles. The van der Waals surface area contributed by atoms with Crippen LogP contribution in [0.2, 0.25) is 0 Å². The maximum Gasteiger partial charge on any atom is 0.0540 e. The van der Waals surface area contributed by atoms with Gasteiger partial charge < -0.3 is 4.90 Å². The van der Waals surface area contributed by atoms with Crippen molar-refractivity contribution in [3.63, 3.8) is 0 Å². The van der Waals surface area contributed by atoms with Gasteiger partial charge in [0, 0.05) is 42.5 Å². The molecule has 0 aliphatic heterocycles. The van der Waals surface area contributed by atoms with E-state index in [4.69, 9.17) is 0 Å². The largest absolute Gasteiger partial charge is 0.310 e. The summed E-state index contributed by atoms with van der Waals surface area (Å²) in [4.78, 5) is 2.48. The molecule has 1 heterocycles. The van der Waals surface area contributed by atoms with Crippen molar-refractivity contribution in [1.29, 1.82) is 0 Å². The lowest BCUT2D eigenvalue weighted by atomic mass is 9.79. The Morgan fingerprint density at radius 2 is 1.18 bits per heavy atom. The summed E-state index contributed by atoms with van der Waals surface area (Å²) in [6.07, 6.45) is 0. The van der Waals surface area contributed by atoms with Crippen LogP contribution in [-0.2, 0) is 10.8 Å². The van der Waals surface area contributed by atoms with Crippen LogP contribution in [0.25, 0.3) is 64.3 Å². The van der Waals surface area contributed by atoms with Crippen molar-refractivity contribution in [2.75, 3.05) is 4.90 Å². The van der Waals surface area contributed by atoms with Crippen LogP contribution < -0.4 is 4.90 Å². The second kappa shape index (κ2) is 12.5. The Labute approximate surface area is 328 Å². The molecule has 0 saturated carbocycles. The predicted octanol–water partition coefficient (Wildman–Crippen LogP) is 15.6. The Morgan fingerprint density at radius 1 is 0.473 bits per heavy atom. The highest BCUT2D eigenvalue weighted by Gasteiger charge is 2.38. The fourth-order valence-electron chi connectivity index (χ4n) is 8.85. The van der Waals surface area contributed by atoms with Gasteiger partial charge in [-0.2, -0.15) is 0 Å². The minimum absolute atomic E-state index is 0.0755. The zero-order chi connectivity index (χ0) is 37.5. The van der Waals surface area contributed by atoms with Gasteiger partial charge in [-0.25, -0.2) is 0 Å². The zero-order valence-corrected chi connectivity index (χ0v) is 32.8. The molecule has 0 N–H and O–H groups in total. The summed E-state index contributed by atoms with van der Waals surface area (Å²) in [5, 5.41) is 5.09. The van der Waals surface area contributed by atoms with E-state index < -0.39 is 0 Å². The lowest BCUT2D eigenvalue weighted by Gasteiger charge is -2.29. The zero-order valence-electron chi connectivity index (χ0n) is 32.0. The van der Waals surface area contributed by atoms with E-state index in [1.54, 1.807) is 0 Å². The molecule has 0 atom stereocenters. The molecule has 0 unspecified atom stereocenters. The maximum atomic E-state index is 2.48. The van der Waals surface area contributed by atoms with Crippen LogP contribution in [0, 0.1) is 0 Å². The number of para-hydroxylation sites is 1. The molecular weight excluding hydrogens is 683 g/mol. The van der Waals surface area contributed by atoms with Gasteiger partial charge in [-0.15, -0.1) is 11.3 Å². The van der Waals surface area contributed by atoms with Crippen LogP contribution in [-0.4, -0.2) is 0 Å². The van der Waals surface area contributed by atoms with E-state index in [0.29, 0.717) is 0 Å². The highest BCUT2D eigenvalue weighted by atomic mass is 32.1. The third kappa shape index (κ3) is 5.50. The molecule has 0 spiro atoms. The maximum absolute atomic E-state index is 2.48. The Bertz CT molecular complexity index is 2950. The predicted molar refractivity (Wildman–Crippen MR) is 239 cm³/mol. The topological polar surface area (TPSA) is 3.24 Å². The van der Waals surface area contributed by atoms with E-state index in [0.717, 1.165) is 17.1 Å². The van der Waals surface area contributed by atoms with Gasteiger partial charge in [-0.1, -0.05) is 156 Å². The summed E-state index contributed by atoms with van der Waals surface area (Å²) in [6.45, 7) is 11.7. The van der Waals surface area contributed by atoms with E-state index in [1.807, 2.05) is 11.3 Å². The molecule has 1 nitrogen and oxygen atoms in total. The minimum atomic E-state index is -0.115. The van der Waals surface area contributed by atoms with Crippen molar-refractivity contribution < 1.29 is 0 Å². The van der Waals surface area contributed by atoms with E-state index in [-0.39, 0.29) is 10.8 Å². The van der Waals surface area contributed by atoms with Gasteiger partial charge in [0.2, 0.25) is 0 Å². The molecule has 2 heteroatoms. The Balaban J connectivity index is 1.20. The summed E-state index contributed by atoms with van der Waals surface area (Å²) >= 11 is 1.86. The average Bonchev–Trinajstić information content (AvgIpc) is 3.69. The monoisotopic (exact) mass is 725 g/mol. The number of nitrogens with zero attached hydrogens (tertiary/aromatic N) is 1. The van der Waals surface area contributed by atoms with Crippen LogP contribution in [0.15, 0.2) is 170 Å². The molecule has 10 rings (SSSR count). The Hall–Kier alpha value is -5.96. The van der Waals surface area contributed by atoms with E-state index >= 15 is 0 Å². The van der Waals surface area contributed by atoms with E-state index in [1.165, 1.54) is 81.0 Å². The van der Waals surface area contributed by atoms with Crippen molar-refractivity contribution in [1.82, 2.24) is 0 Å². The van der Waals surface area contributed by atoms with Crippen molar-refractivity contribution >= 4 is 59.3 Å². The van der Waals surface area contributed by atoms with Crippen LogP contribution >= 0.6 is 11.3 Å². The summed E-state index contributed by atoms with van der Waals surface area (Å²) in [7, 11) is 0. The SMILES string of the molecule is CC(C)(C)c1ccc2c(c1)C(C)(C)c1cccc(-c3ccccc3N(c3cccc(-c4ccc5ccccc5c4)c3)c3ccc4sc5ccccc5c4c3)c1-2. The summed E-state index contributed by atoms with van der Waals surface area (Å²) in [5.74, 6) is 0. The van der Waals surface area contributed by atoms with Crippen molar-refractivity contribution in [2.24, 2.45) is 0 Å². The number of hydrogen-bond acceptors (Lipinski definition) is 2. The fourth-order valence-corrected chi connectivity index (χ4v) is 9.94. The summed E-state index contributed by atoms with van der Waals surface area (Å²) < 4.78 is 2.62. The molecule has 8 aromatic carbocycles. The normalized spacial score (nSPS) is 13.3. The highest BCUT2D eigenvalue weighted by Crippen LogP contribution is 2.54. The van der Waals surface area contributed by atoms with Crippen LogP contribution in [0.4, 0.5) is 17.1 Å². The average molecular weight is 726 g/mol. The number of anilines is 3. The minimum Gasteiger partial charge on any atom is -0.310 e. The summed E-state index contributed by atoms with van der Waals surface area (Å²) in [6, 6.07) is 63.4. The number of benzene rings is 8. The lowest BCUT2D eigenvalue weighted by Crippen LogP contribution is -2.17. The second-order valence-electron chi connectivity index (χ2n) is 16.6. The van der Waals surface area contributed by atoms with Crippen molar-refractivity contribution in [3.05, 3.63) is 187 Å². The Morgan fingerprint density at radius 3 is 2.05 bits per heavy atom. The van der Waals surface area contributed by atoms with Crippen molar-refractivity contribution in [3.8, 4) is 33.4 Å². The number of fused-ring (bicyclic) bond motifs is 7. The lowest BCUT2D eigenvalue weighted by molar-refractivity contribution is 0.584. The number of hydrogen-bond donors (Lipinski definition) is 0. The second-order valence-corrected chi connectivity index (χ2v) is 17.7. The molecule has 9 aromatic rings. The van der Waals surface area contributed by atoms with Gasteiger partial charge >= 0.3 is 0 Å². The van der Waals surface area contributed by atoms with Crippen LogP contribution in [0.3, 0.4) is 0 Å². The molecule has 1 aliphatic carbocycles.